The van der Waals surface area contributed by atoms with Crippen LogP contribution in [0.4, 0.5) is 0 Å². The van der Waals surface area contributed by atoms with Crippen LogP contribution in [0.3, 0.4) is 0 Å². The van der Waals surface area contributed by atoms with Crippen molar-refractivity contribution in [3.8, 4) is 5.82 Å². The number of pyridine rings is 1. The summed E-state index contributed by atoms with van der Waals surface area (Å²) in [5.74, 6) is 0.842. The van der Waals surface area contributed by atoms with E-state index in [0.29, 0.717) is 6.54 Å². The maximum atomic E-state index is 10.8. The Morgan fingerprint density at radius 1 is 1.29 bits per heavy atom. The van der Waals surface area contributed by atoms with E-state index in [0.717, 1.165) is 36.6 Å². The molecule has 2 aromatic rings. The van der Waals surface area contributed by atoms with Gasteiger partial charge in [-0.05, 0) is 12.1 Å². The first kappa shape index (κ1) is 10.0. The van der Waals surface area contributed by atoms with Crippen LogP contribution in [0, 0.1) is 0 Å². The number of fused-ring (bicyclic) bond motifs is 1. The second kappa shape index (κ2) is 4.01. The van der Waals surface area contributed by atoms with Gasteiger partial charge in [-0.2, -0.15) is 0 Å². The molecular formula is C12H12N4O. The summed E-state index contributed by atoms with van der Waals surface area (Å²) in [7, 11) is 0. The predicted molar refractivity (Wildman–Crippen MR) is 61.5 cm³/mol. The lowest BCUT2D eigenvalue weighted by molar-refractivity contribution is -0.119. The van der Waals surface area contributed by atoms with Crippen LogP contribution >= 0.6 is 0 Å². The fraction of sp³-hybridized carbons (Fsp3) is 0.250. The number of imidazole rings is 1. The Bertz CT molecular complexity index is 535. The third kappa shape index (κ3) is 1.69. The normalized spacial score (nSPS) is 14.5. The van der Waals surface area contributed by atoms with Crippen molar-refractivity contribution in [1.29, 1.82) is 0 Å². The van der Waals surface area contributed by atoms with Crippen LogP contribution in [-0.2, 0) is 17.8 Å². The van der Waals surface area contributed by atoms with Crippen molar-refractivity contribution in [3.63, 3.8) is 0 Å². The molecular weight excluding hydrogens is 216 g/mol. The third-order valence-electron chi connectivity index (χ3n) is 2.99. The van der Waals surface area contributed by atoms with Gasteiger partial charge in [-0.15, -0.1) is 0 Å². The minimum atomic E-state index is 0.607. The monoisotopic (exact) mass is 228 g/mol. The van der Waals surface area contributed by atoms with Gasteiger partial charge in [0, 0.05) is 19.2 Å². The zero-order valence-corrected chi connectivity index (χ0v) is 9.28. The summed E-state index contributed by atoms with van der Waals surface area (Å²) in [5, 5.41) is 0. The molecule has 0 fully saturated rings. The molecule has 0 saturated heterocycles. The van der Waals surface area contributed by atoms with E-state index < -0.39 is 0 Å². The van der Waals surface area contributed by atoms with E-state index in [1.165, 1.54) is 0 Å². The largest absolute Gasteiger partial charge is 0.339 e. The molecule has 0 aliphatic carbocycles. The Morgan fingerprint density at radius 2 is 2.24 bits per heavy atom. The number of hydrogen-bond donors (Lipinski definition) is 0. The maximum absolute atomic E-state index is 10.8. The van der Waals surface area contributed by atoms with Gasteiger partial charge < -0.3 is 4.90 Å². The summed E-state index contributed by atoms with van der Waals surface area (Å²) < 4.78 is 1.95. The summed E-state index contributed by atoms with van der Waals surface area (Å²) in [6, 6.07) is 5.75. The highest BCUT2D eigenvalue weighted by Crippen LogP contribution is 2.19. The molecule has 1 aliphatic rings. The quantitative estimate of drug-likeness (QED) is 0.714. The molecule has 0 aromatic carbocycles. The molecule has 2 aromatic heterocycles. The highest BCUT2D eigenvalue weighted by molar-refractivity contribution is 5.48. The lowest BCUT2D eigenvalue weighted by atomic mass is 10.1. The Kier molecular flexibility index (Phi) is 2.36. The second-order valence-corrected chi connectivity index (χ2v) is 4.02. The maximum Gasteiger partial charge on any atom is 0.210 e. The molecule has 3 heterocycles. The Labute approximate surface area is 98.7 Å². The summed E-state index contributed by atoms with van der Waals surface area (Å²) in [6.45, 7) is 1.35. The van der Waals surface area contributed by atoms with Gasteiger partial charge in [0.05, 0.1) is 17.9 Å². The molecule has 86 valence electrons. The van der Waals surface area contributed by atoms with Crippen LogP contribution in [0.2, 0.25) is 0 Å². The molecule has 0 spiro atoms. The van der Waals surface area contributed by atoms with E-state index in [9.17, 15) is 4.79 Å². The Hall–Kier alpha value is -2.17. The topological polar surface area (TPSA) is 51.0 Å². The van der Waals surface area contributed by atoms with Crippen molar-refractivity contribution in [3.05, 3.63) is 42.1 Å². The number of rotatable bonds is 2. The number of amides is 1. The average molecular weight is 228 g/mol. The Morgan fingerprint density at radius 3 is 3.00 bits per heavy atom. The molecule has 17 heavy (non-hydrogen) atoms. The van der Waals surface area contributed by atoms with Gasteiger partial charge >= 0.3 is 0 Å². The molecule has 1 amide bonds. The first-order valence-electron chi connectivity index (χ1n) is 5.54. The van der Waals surface area contributed by atoms with Crippen LogP contribution in [0.5, 0.6) is 0 Å². The summed E-state index contributed by atoms with van der Waals surface area (Å²) in [4.78, 5) is 21.3. The fourth-order valence-electron chi connectivity index (χ4n) is 2.09. The summed E-state index contributed by atoms with van der Waals surface area (Å²) in [5.41, 5.74) is 2.12. The number of carbonyl (C=O) groups excluding carboxylic acids is 1. The molecule has 1 aliphatic heterocycles. The molecule has 5 heteroatoms. The van der Waals surface area contributed by atoms with Crippen molar-refractivity contribution < 1.29 is 4.79 Å². The highest BCUT2D eigenvalue weighted by atomic mass is 16.1. The van der Waals surface area contributed by atoms with E-state index >= 15 is 0 Å². The number of nitrogens with zero attached hydrogens (tertiary/aromatic N) is 4. The standard InChI is InChI=1S/C12H12N4O/c17-9-15-6-4-10-11(7-15)16(8-14-10)12-3-1-2-5-13-12/h1-3,5,8-9H,4,6-7H2. The second-order valence-electron chi connectivity index (χ2n) is 4.02. The van der Waals surface area contributed by atoms with E-state index in [1.54, 1.807) is 17.4 Å². The first-order chi connectivity index (χ1) is 8.38. The molecule has 0 atom stereocenters. The van der Waals surface area contributed by atoms with Gasteiger partial charge in [0.1, 0.15) is 12.1 Å². The fourth-order valence-corrected chi connectivity index (χ4v) is 2.09. The Balaban J connectivity index is 2.03. The summed E-state index contributed by atoms with van der Waals surface area (Å²) >= 11 is 0. The van der Waals surface area contributed by atoms with E-state index in [4.69, 9.17) is 0 Å². The lowest BCUT2D eigenvalue weighted by Crippen LogP contribution is -2.30. The zero-order chi connectivity index (χ0) is 11.7. The molecule has 3 rings (SSSR count). The molecule has 0 N–H and O–H groups in total. The minimum absolute atomic E-state index is 0.607. The smallest absolute Gasteiger partial charge is 0.210 e. The van der Waals surface area contributed by atoms with Crippen molar-refractivity contribution in [2.45, 2.75) is 13.0 Å². The highest BCUT2D eigenvalue weighted by Gasteiger charge is 2.20. The number of carbonyl (C=O) groups is 1. The van der Waals surface area contributed by atoms with Gasteiger partial charge in [-0.25, -0.2) is 9.97 Å². The van der Waals surface area contributed by atoms with Crippen LogP contribution in [0.25, 0.3) is 5.82 Å². The molecule has 0 saturated carbocycles. The van der Waals surface area contributed by atoms with E-state index in [2.05, 4.69) is 9.97 Å². The van der Waals surface area contributed by atoms with Crippen LogP contribution in [0.15, 0.2) is 30.7 Å². The van der Waals surface area contributed by atoms with Crippen molar-refractivity contribution in [2.24, 2.45) is 0 Å². The minimum Gasteiger partial charge on any atom is -0.339 e. The number of aromatic nitrogens is 3. The number of hydrogen-bond acceptors (Lipinski definition) is 3. The zero-order valence-electron chi connectivity index (χ0n) is 9.28. The van der Waals surface area contributed by atoms with Crippen LogP contribution < -0.4 is 0 Å². The van der Waals surface area contributed by atoms with Crippen molar-refractivity contribution in [2.75, 3.05) is 6.54 Å². The third-order valence-corrected chi connectivity index (χ3v) is 2.99. The van der Waals surface area contributed by atoms with Gasteiger partial charge in [0.15, 0.2) is 0 Å². The molecule has 5 nitrogen and oxygen atoms in total. The molecule has 0 bridgehead atoms. The molecule has 0 unspecified atom stereocenters. The SMILES string of the molecule is O=CN1CCc2ncn(-c3ccccn3)c2C1. The van der Waals surface area contributed by atoms with E-state index in [-0.39, 0.29) is 0 Å². The van der Waals surface area contributed by atoms with Gasteiger partial charge in [0.2, 0.25) is 6.41 Å². The average Bonchev–Trinajstić information content (AvgIpc) is 2.82. The van der Waals surface area contributed by atoms with Crippen LogP contribution in [-0.4, -0.2) is 32.4 Å². The van der Waals surface area contributed by atoms with Crippen LogP contribution in [0.1, 0.15) is 11.4 Å². The molecule has 0 radical (unpaired) electrons. The van der Waals surface area contributed by atoms with Crippen molar-refractivity contribution in [1.82, 2.24) is 19.4 Å². The van der Waals surface area contributed by atoms with Crippen molar-refractivity contribution >= 4 is 6.41 Å². The van der Waals surface area contributed by atoms with E-state index in [1.807, 2.05) is 22.8 Å². The first-order valence-corrected chi connectivity index (χ1v) is 5.54. The lowest BCUT2D eigenvalue weighted by Gasteiger charge is -2.23. The summed E-state index contributed by atoms with van der Waals surface area (Å²) in [6.07, 6.45) is 5.23. The predicted octanol–water partition coefficient (Wildman–Crippen LogP) is 0.782. The van der Waals surface area contributed by atoms with Gasteiger partial charge in [-0.3, -0.25) is 9.36 Å². The van der Waals surface area contributed by atoms with Gasteiger partial charge in [0.25, 0.3) is 0 Å². The van der Waals surface area contributed by atoms with Gasteiger partial charge in [-0.1, -0.05) is 6.07 Å².